The van der Waals surface area contributed by atoms with Gasteiger partial charge in [-0.25, -0.2) is 9.97 Å². The lowest BCUT2D eigenvalue weighted by molar-refractivity contribution is -0.116. The summed E-state index contributed by atoms with van der Waals surface area (Å²) in [4.78, 5) is 22.3. The predicted octanol–water partition coefficient (Wildman–Crippen LogP) is 1.28. The minimum atomic E-state index is -0.185. The third kappa shape index (κ3) is 2.66. The highest BCUT2D eigenvalue weighted by Crippen LogP contribution is 2.24. The maximum atomic E-state index is 12.2. The first-order valence-electron chi connectivity index (χ1n) is 7.40. The zero-order valence-electron chi connectivity index (χ0n) is 13.6. The van der Waals surface area contributed by atoms with Crippen LogP contribution >= 0.6 is 0 Å². The number of carbonyl (C=O) groups is 1. The molecule has 7 nitrogen and oxygen atoms in total. The fraction of sp³-hybridized carbons (Fsp3) is 0.188. The van der Waals surface area contributed by atoms with Gasteiger partial charge in [-0.05, 0) is 26.0 Å². The van der Waals surface area contributed by atoms with Crippen molar-refractivity contribution in [3.8, 4) is 5.82 Å². The number of benzene rings is 1. The molecule has 0 aliphatic heterocycles. The molecule has 0 spiro atoms. The maximum Gasteiger partial charge on any atom is 0.229 e. The minimum Gasteiger partial charge on any atom is -0.274 e. The molecule has 2 heterocycles. The van der Waals surface area contributed by atoms with E-state index in [2.05, 4.69) is 20.3 Å². The highest BCUT2D eigenvalue weighted by molar-refractivity contribution is 6.30. The van der Waals surface area contributed by atoms with E-state index < -0.39 is 0 Å². The lowest BCUT2D eigenvalue weighted by Gasteiger charge is -2.22. The Morgan fingerprint density at radius 1 is 1.29 bits per heavy atom. The van der Waals surface area contributed by atoms with E-state index >= 15 is 0 Å². The largest absolute Gasteiger partial charge is 0.274 e. The molecular weight excluding hydrogens is 303 g/mol. The van der Waals surface area contributed by atoms with Gasteiger partial charge in [-0.3, -0.25) is 9.69 Å². The van der Waals surface area contributed by atoms with Gasteiger partial charge in [0.15, 0.2) is 11.6 Å². The molecule has 0 unspecified atom stereocenters. The Morgan fingerprint density at radius 3 is 2.75 bits per heavy atom. The van der Waals surface area contributed by atoms with E-state index in [1.54, 1.807) is 0 Å². The second-order valence-electron chi connectivity index (χ2n) is 5.22. The van der Waals surface area contributed by atoms with Gasteiger partial charge in [0.05, 0.1) is 5.52 Å². The number of hydrogen-bond acceptors (Lipinski definition) is 5. The highest BCUT2D eigenvalue weighted by atomic mass is 16.2. The number of carbonyl (C=O) groups excluding carboxylic acids is 1. The number of allylic oxidation sites excluding steroid dienone is 2. The van der Waals surface area contributed by atoms with Crippen LogP contribution in [0, 0.1) is 0 Å². The number of anilines is 1. The zero-order valence-corrected chi connectivity index (χ0v) is 13.6. The number of hydrogen-bond donors (Lipinski definition) is 0. The van der Waals surface area contributed by atoms with Crippen molar-refractivity contribution in [2.24, 2.45) is 0 Å². The van der Waals surface area contributed by atoms with Crippen LogP contribution in [0.25, 0.3) is 16.9 Å². The summed E-state index contributed by atoms with van der Waals surface area (Å²) in [6.07, 6.45) is 3.24. The van der Waals surface area contributed by atoms with E-state index in [9.17, 15) is 4.79 Å². The molecule has 0 saturated heterocycles. The Bertz CT molecular complexity index is 949. The Morgan fingerprint density at radius 2 is 2.04 bits per heavy atom. The zero-order chi connectivity index (χ0) is 17.3. The van der Waals surface area contributed by atoms with Crippen LogP contribution in [0.15, 0.2) is 42.2 Å². The Hall–Kier alpha value is -3.03. The first kappa shape index (κ1) is 15.9. The fourth-order valence-electron chi connectivity index (χ4n) is 2.40. The monoisotopic (exact) mass is 318 g/mol. The second-order valence-corrected chi connectivity index (χ2v) is 5.22. The van der Waals surface area contributed by atoms with Gasteiger partial charge in [-0.1, -0.05) is 23.4 Å². The Balaban J connectivity index is 2.28. The molecule has 0 atom stereocenters. The lowest BCUT2D eigenvalue weighted by Crippen LogP contribution is -2.30. The molecule has 1 aromatic carbocycles. The molecule has 8 heteroatoms. The highest BCUT2D eigenvalue weighted by Gasteiger charge is 2.22. The van der Waals surface area contributed by atoms with E-state index in [0.29, 0.717) is 17.2 Å². The summed E-state index contributed by atoms with van der Waals surface area (Å²) < 4.78 is 1.53. The topological polar surface area (TPSA) is 76.8 Å². The molecule has 118 valence electrons. The average Bonchev–Trinajstić information content (AvgIpc) is 2.99. The van der Waals surface area contributed by atoms with E-state index in [1.165, 1.54) is 22.7 Å². The van der Waals surface area contributed by atoms with Crippen LogP contribution in [0.3, 0.4) is 0 Å². The van der Waals surface area contributed by atoms with Crippen molar-refractivity contribution in [1.29, 1.82) is 0 Å². The third-order valence-corrected chi connectivity index (χ3v) is 3.60. The second kappa shape index (κ2) is 6.23. The summed E-state index contributed by atoms with van der Waals surface area (Å²) >= 11 is 0. The summed E-state index contributed by atoms with van der Waals surface area (Å²) in [5.41, 5.74) is 2.42. The minimum absolute atomic E-state index is 0.185. The third-order valence-electron chi connectivity index (χ3n) is 3.60. The Labute approximate surface area is 140 Å². The number of rotatable bonds is 3. The van der Waals surface area contributed by atoms with Crippen molar-refractivity contribution >= 4 is 36.2 Å². The summed E-state index contributed by atoms with van der Waals surface area (Å²) in [6, 6.07) is 7.46. The SMILES string of the molecule is [B]c1cnc(N(C(C)=O)/C(C)=C\C)c(-n2nnc3ccccc32)n1. The molecule has 0 aliphatic rings. The van der Waals surface area contributed by atoms with Crippen LogP contribution in [0.2, 0.25) is 0 Å². The first-order chi connectivity index (χ1) is 11.5. The van der Waals surface area contributed by atoms with Crippen molar-refractivity contribution in [2.75, 3.05) is 4.90 Å². The van der Waals surface area contributed by atoms with Gasteiger partial charge in [-0.2, -0.15) is 4.68 Å². The molecule has 2 radical (unpaired) electrons. The van der Waals surface area contributed by atoms with E-state index in [1.807, 2.05) is 44.2 Å². The van der Waals surface area contributed by atoms with E-state index in [-0.39, 0.29) is 11.5 Å². The number of aromatic nitrogens is 5. The first-order valence-corrected chi connectivity index (χ1v) is 7.40. The van der Waals surface area contributed by atoms with E-state index in [0.717, 1.165) is 11.2 Å². The maximum absolute atomic E-state index is 12.2. The van der Waals surface area contributed by atoms with Crippen molar-refractivity contribution in [1.82, 2.24) is 25.0 Å². The standard InChI is InChI=1S/C16H15BN6O/c1-4-10(2)22(11(3)24)15-16(19-14(17)9-18-15)23-13-8-6-5-7-12(13)20-21-23/h4-9H,1-3H3/b10-4-. The molecule has 1 amide bonds. The smallest absolute Gasteiger partial charge is 0.229 e. The van der Waals surface area contributed by atoms with Crippen molar-refractivity contribution in [3.63, 3.8) is 0 Å². The van der Waals surface area contributed by atoms with Crippen molar-refractivity contribution < 1.29 is 4.79 Å². The van der Waals surface area contributed by atoms with Gasteiger partial charge in [-0.15, -0.1) is 5.10 Å². The van der Waals surface area contributed by atoms with Crippen molar-refractivity contribution in [3.05, 3.63) is 42.2 Å². The number of para-hydroxylation sites is 1. The average molecular weight is 318 g/mol. The molecule has 3 aromatic rings. The number of nitrogens with zero attached hydrogens (tertiary/aromatic N) is 6. The molecule has 24 heavy (non-hydrogen) atoms. The van der Waals surface area contributed by atoms with Crippen molar-refractivity contribution in [2.45, 2.75) is 20.8 Å². The summed E-state index contributed by atoms with van der Waals surface area (Å²) in [5, 5.41) is 8.27. The van der Waals surface area contributed by atoms with Gasteiger partial charge < -0.3 is 0 Å². The number of fused-ring (bicyclic) bond motifs is 1. The summed E-state index contributed by atoms with van der Waals surface area (Å²) in [7, 11) is 5.81. The van der Waals surface area contributed by atoms with Crippen LogP contribution in [-0.2, 0) is 4.79 Å². The van der Waals surface area contributed by atoms with Crippen LogP contribution in [0.1, 0.15) is 20.8 Å². The van der Waals surface area contributed by atoms with Gasteiger partial charge in [0, 0.05) is 24.4 Å². The molecule has 0 fully saturated rings. The normalized spacial score (nSPS) is 11.7. The van der Waals surface area contributed by atoms with Crippen LogP contribution in [-0.4, -0.2) is 38.7 Å². The Kier molecular flexibility index (Phi) is 4.12. The molecule has 2 aromatic heterocycles. The molecule has 0 N–H and O–H groups in total. The van der Waals surface area contributed by atoms with Crippen LogP contribution in [0.5, 0.6) is 0 Å². The quantitative estimate of drug-likeness (QED) is 0.680. The van der Waals surface area contributed by atoms with Crippen LogP contribution in [0.4, 0.5) is 5.82 Å². The molecule has 0 aliphatic carbocycles. The predicted molar refractivity (Wildman–Crippen MR) is 92.4 cm³/mol. The van der Waals surface area contributed by atoms with Gasteiger partial charge >= 0.3 is 0 Å². The van der Waals surface area contributed by atoms with Crippen LogP contribution < -0.4 is 10.5 Å². The summed E-state index contributed by atoms with van der Waals surface area (Å²) in [6.45, 7) is 5.14. The molecule has 0 saturated carbocycles. The van der Waals surface area contributed by atoms with Gasteiger partial charge in [0.1, 0.15) is 13.4 Å². The molecular formula is C16H15BN6O. The lowest BCUT2D eigenvalue weighted by atomic mass is 10.1. The van der Waals surface area contributed by atoms with Gasteiger partial charge in [0.25, 0.3) is 0 Å². The number of amides is 1. The summed E-state index contributed by atoms with van der Waals surface area (Å²) in [5.74, 6) is 0.512. The van der Waals surface area contributed by atoms with E-state index in [4.69, 9.17) is 7.85 Å². The van der Waals surface area contributed by atoms with Gasteiger partial charge in [0.2, 0.25) is 5.91 Å². The molecule has 0 bridgehead atoms. The fourth-order valence-corrected chi connectivity index (χ4v) is 2.40. The molecule has 3 rings (SSSR count).